The van der Waals surface area contributed by atoms with Gasteiger partial charge >= 0.3 is 12.1 Å². The van der Waals surface area contributed by atoms with Crippen LogP contribution in [0.2, 0.25) is 0 Å². The molecule has 2 amide bonds. The summed E-state index contributed by atoms with van der Waals surface area (Å²) >= 11 is 0. The van der Waals surface area contributed by atoms with Crippen LogP contribution >= 0.6 is 0 Å². The number of aliphatic carboxylic acids is 1. The lowest BCUT2D eigenvalue weighted by molar-refractivity contribution is -0.148. The number of nitrogens with one attached hydrogen (secondary N) is 2. The van der Waals surface area contributed by atoms with Gasteiger partial charge in [0.1, 0.15) is 17.7 Å². The van der Waals surface area contributed by atoms with Gasteiger partial charge in [0.05, 0.1) is 0 Å². The summed E-state index contributed by atoms with van der Waals surface area (Å²) in [6, 6.07) is 26.1. The second kappa shape index (κ2) is 11.1. The number of carboxylic acid groups (broad SMARTS) is 1. The number of alkyl carbamates (subject to hydrolysis) is 1. The number of amides is 2. The van der Waals surface area contributed by atoms with E-state index >= 15 is 0 Å². The van der Waals surface area contributed by atoms with Crippen molar-refractivity contribution in [1.82, 2.24) is 15.5 Å². The minimum absolute atomic E-state index is 0.114. The maximum atomic E-state index is 13.7. The second-order valence-corrected chi connectivity index (χ2v) is 10.9. The number of benzene rings is 3. The maximum Gasteiger partial charge on any atom is 0.408 e. The lowest BCUT2D eigenvalue weighted by atomic mass is 9.93. The maximum absolute atomic E-state index is 13.7. The summed E-state index contributed by atoms with van der Waals surface area (Å²) in [6.45, 7) is 4.69. The smallest absolute Gasteiger partial charge is 0.408 e. The average Bonchev–Trinajstić information content (AvgIpc) is 3.51. The number of hydrogen-bond acceptors (Lipinski definition) is 5. The Bertz CT molecular complexity index is 1360. The molecule has 0 aromatic heterocycles. The Labute approximate surface area is 234 Å². The van der Waals surface area contributed by atoms with E-state index in [-0.39, 0.29) is 25.5 Å². The van der Waals surface area contributed by atoms with Crippen molar-refractivity contribution in [3.8, 4) is 11.1 Å². The number of likely N-dealkylation sites (tertiary alicyclic amines) is 1. The first-order valence-electron chi connectivity index (χ1n) is 13.7. The molecule has 2 atom stereocenters. The van der Waals surface area contributed by atoms with E-state index in [4.69, 9.17) is 4.74 Å². The van der Waals surface area contributed by atoms with E-state index in [9.17, 15) is 19.5 Å². The van der Waals surface area contributed by atoms with Gasteiger partial charge in [0.15, 0.2) is 0 Å². The number of carboxylic acids is 1. The van der Waals surface area contributed by atoms with Gasteiger partial charge in [-0.05, 0) is 47.6 Å². The van der Waals surface area contributed by atoms with Crippen molar-refractivity contribution >= 4 is 18.0 Å². The van der Waals surface area contributed by atoms with Gasteiger partial charge in [0.25, 0.3) is 0 Å². The number of carbonyl (C=O) groups excluding carboxylic acids is 2. The van der Waals surface area contributed by atoms with Crippen molar-refractivity contribution < 1.29 is 24.2 Å². The van der Waals surface area contributed by atoms with Crippen LogP contribution in [-0.2, 0) is 20.9 Å². The van der Waals surface area contributed by atoms with Gasteiger partial charge in [-0.15, -0.1) is 0 Å². The number of ether oxygens (including phenoxy) is 1. The molecule has 1 saturated heterocycles. The van der Waals surface area contributed by atoms with E-state index in [0.29, 0.717) is 19.5 Å². The van der Waals surface area contributed by atoms with Crippen molar-refractivity contribution in [3.05, 3.63) is 95.6 Å². The number of fused-ring (bicyclic) bond motifs is 3. The van der Waals surface area contributed by atoms with Crippen LogP contribution in [-0.4, -0.2) is 58.8 Å². The molecule has 0 bridgehead atoms. The normalized spacial score (nSPS) is 19.8. The van der Waals surface area contributed by atoms with E-state index in [0.717, 1.165) is 27.8 Å². The van der Waals surface area contributed by atoms with Crippen molar-refractivity contribution in [3.63, 3.8) is 0 Å². The van der Waals surface area contributed by atoms with Gasteiger partial charge in [-0.3, -0.25) is 9.69 Å². The Morgan fingerprint density at radius 1 is 0.975 bits per heavy atom. The van der Waals surface area contributed by atoms with Crippen LogP contribution < -0.4 is 10.6 Å². The summed E-state index contributed by atoms with van der Waals surface area (Å²) in [6.07, 6.45) is -0.176. The molecule has 208 valence electrons. The van der Waals surface area contributed by atoms with Gasteiger partial charge in [0.2, 0.25) is 5.91 Å². The zero-order valence-electron chi connectivity index (χ0n) is 22.9. The number of hydrogen-bond donors (Lipinski definition) is 3. The highest BCUT2D eigenvalue weighted by molar-refractivity contribution is 5.94. The van der Waals surface area contributed by atoms with Crippen LogP contribution in [0.4, 0.5) is 4.79 Å². The molecule has 2 aliphatic rings. The van der Waals surface area contributed by atoms with Gasteiger partial charge in [-0.1, -0.05) is 85.8 Å². The molecule has 8 nitrogen and oxygen atoms in total. The molecule has 1 aliphatic carbocycles. The predicted molar refractivity (Wildman–Crippen MR) is 152 cm³/mol. The Hall–Kier alpha value is -4.17. The van der Waals surface area contributed by atoms with Crippen LogP contribution in [0.15, 0.2) is 78.9 Å². The summed E-state index contributed by atoms with van der Waals surface area (Å²) in [5.74, 6) is -1.77. The highest BCUT2D eigenvalue weighted by Crippen LogP contribution is 2.44. The van der Waals surface area contributed by atoms with E-state index < -0.39 is 29.0 Å². The minimum Gasteiger partial charge on any atom is -0.480 e. The highest BCUT2D eigenvalue weighted by Gasteiger charge is 2.49. The first-order chi connectivity index (χ1) is 19.2. The van der Waals surface area contributed by atoms with Crippen molar-refractivity contribution in [2.24, 2.45) is 0 Å². The Balaban J connectivity index is 1.33. The molecule has 3 N–H and O–H groups in total. The third-order valence-corrected chi connectivity index (χ3v) is 8.29. The standard InChI is InChI=1S/C32H35N3O5/c1-3-31(2,29(37)38)33-28(36)32(17-18-35(21-32)19-22-11-5-4-6-12-22)34-30(39)40-20-27-25-15-9-7-13-23(25)24-14-8-10-16-26(24)27/h4-16,27H,3,17-21H2,1-2H3,(H,33,36)(H,34,39)(H,37,38). The average molecular weight is 542 g/mol. The highest BCUT2D eigenvalue weighted by atomic mass is 16.5. The number of carbonyl (C=O) groups is 3. The number of nitrogens with zero attached hydrogens (tertiary/aromatic N) is 1. The molecule has 1 aliphatic heterocycles. The third-order valence-electron chi connectivity index (χ3n) is 8.29. The Morgan fingerprint density at radius 3 is 2.17 bits per heavy atom. The molecule has 2 unspecified atom stereocenters. The lowest BCUT2D eigenvalue weighted by Gasteiger charge is -2.34. The second-order valence-electron chi connectivity index (χ2n) is 10.9. The first-order valence-corrected chi connectivity index (χ1v) is 13.7. The van der Waals surface area contributed by atoms with Gasteiger partial charge in [-0.2, -0.15) is 0 Å². The molecule has 3 aromatic rings. The Kier molecular flexibility index (Phi) is 7.63. The fourth-order valence-corrected chi connectivity index (χ4v) is 5.70. The molecule has 8 heteroatoms. The monoisotopic (exact) mass is 541 g/mol. The third kappa shape index (κ3) is 5.31. The van der Waals surface area contributed by atoms with Crippen LogP contribution in [0.25, 0.3) is 11.1 Å². The van der Waals surface area contributed by atoms with Gasteiger partial charge in [-0.25, -0.2) is 9.59 Å². The topological polar surface area (TPSA) is 108 Å². The summed E-state index contributed by atoms with van der Waals surface area (Å²) in [5, 5.41) is 15.3. The van der Waals surface area contributed by atoms with Gasteiger partial charge in [0, 0.05) is 25.6 Å². The minimum atomic E-state index is -1.46. The fourth-order valence-electron chi connectivity index (χ4n) is 5.70. The van der Waals surface area contributed by atoms with Crippen LogP contribution in [0.5, 0.6) is 0 Å². The van der Waals surface area contributed by atoms with Crippen molar-refractivity contribution in [1.29, 1.82) is 0 Å². The quantitative estimate of drug-likeness (QED) is 0.367. The van der Waals surface area contributed by atoms with Crippen LogP contribution in [0.1, 0.15) is 49.3 Å². The molecule has 5 rings (SSSR count). The van der Waals surface area contributed by atoms with E-state index in [2.05, 4.69) is 27.7 Å². The van der Waals surface area contributed by atoms with Crippen LogP contribution in [0.3, 0.4) is 0 Å². The van der Waals surface area contributed by atoms with Gasteiger partial charge < -0.3 is 20.5 Å². The molecule has 0 radical (unpaired) electrons. The largest absolute Gasteiger partial charge is 0.480 e. The SMILES string of the molecule is CCC(C)(NC(=O)C1(NC(=O)OCC2c3ccccc3-c3ccccc32)CCN(Cc2ccccc2)C1)C(=O)O. The lowest BCUT2D eigenvalue weighted by Crippen LogP contribution is -2.65. The zero-order valence-corrected chi connectivity index (χ0v) is 22.9. The number of rotatable bonds is 9. The van der Waals surface area contributed by atoms with E-state index in [1.165, 1.54) is 6.92 Å². The van der Waals surface area contributed by atoms with Crippen molar-refractivity contribution in [2.75, 3.05) is 19.7 Å². The first kappa shape index (κ1) is 27.4. The zero-order chi connectivity index (χ0) is 28.3. The predicted octanol–water partition coefficient (Wildman–Crippen LogP) is 4.54. The summed E-state index contributed by atoms with van der Waals surface area (Å²) in [4.78, 5) is 41.0. The molecule has 1 fully saturated rings. The molecule has 3 aromatic carbocycles. The van der Waals surface area contributed by atoms with E-state index in [1.807, 2.05) is 66.7 Å². The Morgan fingerprint density at radius 2 is 1.57 bits per heavy atom. The summed E-state index contributed by atoms with van der Waals surface area (Å²) < 4.78 is 5.77. The molecular weight excluding hydrogens is 506 g/mol. The fraction of sp³-hybridized carbons (Fsp3) is 0.344. The molecule has 1 heterocycles. The van der Waals surface area contributed by atoms with E-state index in [1.54, 1.807) is 6.92 Å². The summed E-state index contributed by atoms with van der Waals surface area (Å²) in [5.41, 5.74) is 2.75. The molecule has 40 heavy (non-hydrogen) atoms. The summed E-state index contributed by atoms with van der Waals surface area (Å²) in [7, 11) is 0. The van der Waals surface area contributed by atoms with Crippen LogP contribution in [0, 0.1) is 0 Å². The van der Waals surface area contributed by atoms with Crippen molar-refractivity contribution in [2.45, 2.75) is 50.2 Å². The molecule has 0 saturated carbocycles. The molecule has 0 spiro atoms. The molecular formula is C32H35N3O5.